The molecule has 0 radical (unpaired) electrons. The summed E-state index contributed by atoms with van der Waals surface area (Å²) < 4.78 is 0. The Kier molecular flexibility index (Phi) is 2.46. The van der Waals surface area contributed by atoms with Gasteiger partial charge in [0.05, 0.1) is 0 Å². The van der Waals surface area contributed by atoms with Gasteiger partial charge in [-0.1, -0.05) is 0 Å². The van der Waals surface area contributed by atoms with Crippen LogP contribution in [-0.2, 0) is 0 Å². The van der Waals surface area contributed by atoms with Crippen LogP contribution in [0.2, 0.25) is 0 Å². The topological polar surface area (TPSA) is 51.8 Å². The number of nitrogens with two attached hydrogens (primary N) is 1. The van der Waals surface area contributed by atoms with Gasteiger partial charge in [0.2, 0.25) is 0 Å². The predicted octanol–water partition coefficient (Wildman–Crippen LogP) is 0.981. The minimum Gasteiger partial charge on any atom is -0.313 e. The molecule has 2 N–H and O–H groups in total. The lowest BCUT2D eigenvalue weighted by Gasteiger charge is -2.04. The summed E-state index contributed by atoms with van der Waals surface area (Å²) in [6.45, 7) is 3.82. The van der Waals surface area contributed by atoms with Crippen molar-refractivity contribution in [1.82, 2.24) is 9.97 Å². The highest BCUT2D eigenvalue weighted by Gasteiger charge is 2.03. The number of rotatable bonds is 1. The second-order valence-electron chi connectivity index (χ2n) is 2.45. The number of nitrogens with zero attached hydrogens (tertiary/aromatic N) is 2. The van der Waals surface area contributed by atoms with Gasteiger partial charge in [0, 0.05) is 11.4 Å². The molecule has 0 spiro atoms. The standard InChI is InChI=1S/C7H11N3S/c1-4-3-5(2)10-7(9-4)6(8)11/h3,6,11H,8H2,1-2H3. The van der Waals surface area contributed by atoms with E-state index in [9.17, 15) is 0 Å². The van der Waals surface area contributed by atoms with Crippen molar-refractivity contribution in [3.05, 3.63) is 23.3 Å². The van der Waals surface area contributed by atoms with Crippen molar-refractivity contribution >= 4 is 12.6 Å². The van der Waals surface area contributed by atoms with Gasteiger partial charge < -0.3 is 5.73 Å². The molecule has 0 aromatic carbocycles. The molecule has 1 aromatic heterocycles. The van der Waals surface area contributed by atoms with E-state index in [1.807, 2.05) is 19.9 Å². The van der Waals surface area contributed by atoms with Crippen LogP contribution in [0.4, 0.5) is 0 Å². The van der Waals surface area contributed by atoms with Crippen LogP contribution in [-0.4, -0.2) is 9.97 Å². The average molecular weight is 169 g/mol. The second kappa shape index (κ2) is 3.19. The van der Waals surface area contributed by atoms with Crippen molar-refractivity contribution in [2.45, 2.75) is 19.2 Å². The van der Waals surface area contributed by atoms with Crippen molar-refractivity contribution < 1.29 is 0 Å². The van der Waals surface area contributed by atoms with Crippen LogP contribution in [0.15, 0.2) is 6.07 Å². The Labute approximate surface area is 71.5 Å². The van der Waals surface area contributed by atoms with Crippen molar-refractivity contribution in [2.75, 3.05) is 0 Å². The van der Waals surface area contributed by atoms with E-state index < -0.39 is 0 Å². The third-order valence-corrected chi connectivity index (χ3v) is 1.50. The molecule has 0 saturated heterocycles. The first-order valence-electron chi connectivity index (χ1n) is 3.35. The Balaban J connectivity index is 3.08. The van der Waals surface area contributed by atoms with Gasteiger partial charge in [0.1, 0.15) is 5.37 Å². The fourth-order valence-corrected chi connectivity index (χ4v) is 1.00. The van der Waals surface area contributed by atoms with Crippen molar-refractivity contribution in [3.8, 4) is 0 Å². The molecule has 1 aromatic rings. The summed E-state index contributed by atoms with van der Waals surface area (Å²) in [6.07, 6.45) is 0. The van der Waals surface area contributed by atoms with Gasteiger partial charge in [-0.3, -0.25) is 0 Å². The molecular weight excluding hydrogens is 158 g/mol. The van der Waals surface area contributed by atoms with Crippen molar-refractivity contribution in [1.29, 1.82) is 0 Å². The lowest BCUT2D eigenvalue weighted by molar-refractivity contribution is 0.860. The van der Waals surface area contributed by atoms with Crippen LogP contribution in [0, 0.1) is 13.8 Å². The largest absolute Gasteiger partial charge is 0.313 e. The summed E-state index contributed by atoms with van der Waals surface area (Å²) in [5, 5.41) is -0.381. The molecule has 1 rings (SSSR count). The maximum absolute atomic E-state index is 5.49. The van der Waals surface area contributed by atoms with Gasteiger partial charge in [0.25, 0.3) is 0 Å². The zero-order valence-corrected chi connectivity index (χ0v) is 7.47. The van der Waals surface area contributed by atoms with Crippen LogP contribution < -0.4 is 5.73 Å². The summed E-state index contributed by atoms with van der Waals surface area (Å²) in [6, 6.07) is 1.90. The van der Waals surface area contributed by atoms with Crippen LogP contribution in [0.5, 0.6) is 0 Å². The highest BCUT2D eigenvalue weighted by molar-refractivity contribution is 7.80. The maximum Gasteiger partial charge on any atom is 0.155 e. The van der Waals surface area contributed by atoms with E-state index in [0.717, 1.165) is 11.4 Å². The van der Waals surface area contributed by atoms with Crippen LogP contribution in [0.3, 0.4) is 0 Å². The first kappa shape index (κ1) is 8.49. The highest BCUT2D eigenvalue weighted by Crippen LogP contribution is 2.09. The summed E-state index contributed by atoms with van der Waals surface area (Å²) in [7, 11) is 0. The minimum atomic E-state index is -0.381. The minimum absolute atomic E-state index is 0.381. The summed E-state index contributed by atoms with van der Waals surface area (Å²) in [4.78, 5) is 8.24. The van der Waals surface area contributed by atoms with Crippen LogP contribution in [0.25, 0.3) is 0 Å². The summed E-state index contributed by atoms with van der Waals surface area (Å²) in [5.41, 5.74) is 7.35. The molecule has 0 bridgehead atoms. The Morgan fingerprint density at radius 2 is 1.82 bits per heavy atom. The molecule has 1 unspecified atom stereocenters. The Bertz CT molecular complexity index is 240. The third kappa shape index (κ3) is 2.17. The van der Waals surface area contributed by atoms with Crippen molar-refractivity contribution in [3.63, 3.8) is 0 Å². The second-order valence-corrected chi connectivity index (χ2v) is 3.01. The van der Waals surface area contributed by atoms with E-state index in [4.69, 9.17) is 5.73 Å². The summed E-state index contributed by atoms with van der Waals surface area (Å²) in [5.74, 6) is 0.589. The van der Waals surface area contributed by atoms with Crippen LogP contribution in [0.1, 0.15) is 22.6 Å². The molecule has 0 fully saturated rings. The van der Waals surface area contributed by atoms with Gasteiger partial charge >= 0.3 is 0 Å². The molecule has 1 heterocycles. The number of aromatic nitrogens is 2. The smallest absolute Gasteiger partial charge is 0.155 e. The molecule has 3 nitrogen and oxygen atoms in total. The Hall–Kier alpha value is -0.610. The zero-order chi connectivity index (χ0) is 8.43. The zero-order valence-electron chi connectivity index (χ0n) is 6.57. The molecule has 4 heteroatoms. The molecule has 1 atom stereocenters. The molecule has 0 saturated carbocycles. The number of aryl methyl sites for hydroxylation is 2. The third-order valence-electron chi connectivity index (χ3n) is 1.26. The maximum atomic E-state index is 5.49. The van der Waals surface area contributed by atoms with Gasteiger partial charge in [0.15, 0.2) is 5.82 Å². The molecule has 0 aliphatic rings. The van der Waals surface area contributed by atoms with Crippen LogP contribution >= 0.6 is 12.6 Å². The number of thiol groups is 1. The van der Waals surface area contributed by atoms with E-state index in [1.165, 1.54) is 0 Å². The van der Waals surface area contributed by atoms with Gasteiger partial charge in [-0.2, -0.15) is 12.6 Å². The highest BCUT2D eigenvalue weighted by atomic mass is 32.1. The average Bonchev–Trinajstić information content (AvgIpc) is 1.85. The quantitative estimate of drug-likeness (QED) is 0.486. The number of hydrogen-bond acceptors (Lipinski definition) is 4. The molecule has 11 heavy (non-hydrogen) atoms. The lowest BCUT2D eigenvalue weighted by atomic mass is 10.3. The fourth-order valence-electron chi connectivity index (χ4n) is 0.885. The van der Waals surface area contributed by atoms with Gasteiger partial charge in [-0.05, 0) is 19.9 Å². The molecule has 0 aliphatic heterocycles. The normalized spacial score (nSPS) is 13.1. The first-order valence-corrected chi connectivity index (χ1v) is 3.87. The summed E-state index contributed by atoms with van der Waals surface area (Å²) >= 11 is 4.03. The van der Waals surface area contributed by atoms with Gasteiger partial charge in [-0.25, -0.2) is 9.97 Å². The Morgan fingerprint density at radius 1 is 1.36 bits per heavy atom. The van der Waals surface area contributed by atoms with Crippen molar-refractivity contribution in [2.24, 2.45) is 5.73 Å². The van der Waals surface area contributed by atoms with Gasteiger partial charge in [-0.15, -0.1) is 0 Å². The van der Waals surface area contributed by atoms with E-state index in [2.05, 4.69) is 22.6 Å². The first-order chi connectivity index (χ1) is 5.09. The SMILES string of the molecule is Cc1cc(C)nc(C(N)S)n1. The monoisotopic (exact) mass is 169 g/mol. The number of hydrogen-bond donors (Lipinski definition) is 2. The molecule has 0 amide bonds. The van der Waals surface area contributed by atoms with E-state index in [0.29, 0.717) is 5.82 Å². The fraction of sp³-hybridized carbons (Fsp3) is 0.429. The molecular formula is C7H11N3S. The Morgan fingerprint density at radius 3 is 2.18 bits per heavy atom. The van der Waals surface area contributed by atoms with E-state index in [-0.39, 0.29) is 5.37 Å². The van der Waals surface area contributed by atoms with E-state index in [1.54, 1.807) is 0 Å². The predicted molar refractivity (Wildman–Crippen MR) is 47.4 cm³/mol. The molecule has 60 valence electrons. The van der Waals surface area contributed by atoms with E-state index >= 15 is 0 Å². The lowest BCUT2D eigenvalue weighted by Crippen LogP contribution is -2.09. The molecule has 0 aliphatic carbocycles.